The largest absolute Gasteiger partial charge is 0.297 e. The van der Waals surface area contributed by atoms with Gasteiger partial charge in [-0.05, 0) is 12.8 Å². The Morgan fingerprint density at radius 2 is 2.12 bits per heavy atom. The molecule has 1 aromatic heterocycles. The van der Waals surface area contributed by atoms with Crippen LogP contribution in [0, 0.1) is 5.92 Å². The van der Waals surface area contributed by atoms with Crippen LogP contribution in [-0.2, 0) is 13.0 Å². The quantitative estimate of drug-likeness (QED) is 0.784. The predicted octanol–water partition coefficient (Wildman–Crippen LogP) is 2.39. The molecule has 0 N–H and O–H groups in total. The minimum absolute atomic E-state index is 0.0864. The molecule has 1 aromatic rings. The summed E-state index contributed by atoms with van der Waals surface area (Å²) in [6.45, 7) is 2.74. The van der Waals surface area contributed by atoms with Crippen LogP contribution in [0.25, 0.3) is 0 Å². The Morgan fingerprint density at radius 3 is 2.81 bits per heavy atom. The van der Waals surface area contributed by atoms with Crippen molar-refractivity contribution < 1.29 is 0 Å². The van der Waals surface area contributed by atoms with Crippen molar-refractivity contribution in [1.29, 1.82) is 0 Å². The van der Waals surface area contributed by atoms with Crippen LogP contribution in [0.5, 0.6) is 0 Å². The average Bonchev–Trinajstić information content (AvgIpc) is 2.31. The predicted molar refractivity (Wildman–Crippen MR) is 64.5 cm³/mol. The maximum absolute atomic E-state index is 11.6. The van der Waals surface area contributed by atoms with Gasteiger partial charge in [-0.1, -0.05) is 32.1 Å². The summed E-state index contributed by atoms with van der Waals surface area (Å²) in [6, 6.07) is 1.55. The molecule has 0 aromatic carbocycles. The van der Waals surface area contributed by atoms with Gasteiger partial charge in [-0.3, -0.25) is 9.36 Å². The maximum atomic E-state index is 11.6. The molecule has 0 saturated heterocycles. The molecule has 1 aliphatic rings. The number of hydrogen-bond donors (Lipinski definition) is 0. The van der Waals surface area contributed by atoms with Gasteiger partial charge in [0, 0.05) is 25.2 Å². The Bertz CT molecular complexity index is 391. The van der Waals surface area contributed by atoms with Crippen molar-refractivity contribution in [2.45, 2.75) is 52.0 Å². The molecule has 0 unspecified atom stereocenters. The molecule has 1 fully saturated rings. The second-order valence-electron chi connectivity index (χ2n) is 4.65. The minimum atomic E-state index is 0.0864. The van der Waals surface area contributed by atoms with E-state index >= 15 is 0 Å². The van der Waals surface area contributed by atoms with Crippen LogP contribution in [0.1, 0.15) is 44.9 Å². The summed E-state index contributed by atoms with van der Waals surface area (Å²) in [5.41, 5.74) is 0.0864. The van der Waals surface area contributed by atoms with Gasteiger partial charge in [0.25, 0.3) is 5.56 Å². The fourth-order valence-corrected chi connectivity index (χ4v) is 2.62. The lowest BCUT2D eigenvalue weighted by molar-refractivity contribution is 0.346. The van der Waals surface area contributed by atoms with Gasteiger partial charge in [-0.2, -0.15) is 0 Å². The molecule has 0 bridgehead atoms. The van der Waals surface area contributed by atoms with E-state index in [-0.39, 0.29) is 5.56 Å². The molecular weight excluding hydrogens is 200 g/mol. The van der Waals surface area contributed by atoms with Gasteiger partial charge in [0.1, 0.15) is 5.82 Å². The van der Waals surface area contributed by atoms with E-state index in [2.05, 4.69) is 4.98 Å². The molecule has 0 radical (unpaired) electrons. The van der Waals surface area contributed by atoms with Crippen molar-refractivity contribution in [2.75, 3.05) is 0 Å². The van der Waals surface area contributed by atoms with Gasteiger partial charge in [-0.25, -0.2) is 4.98 Å². The summed E-state index contributed by atoms with van der Waals surface area (Å²) in [5.74, 6) is 1.71. The highest BCUT2D eigenvalue weighted by Gasteiger charge is 2.16. The van der Waals surface area contributed by atoms with E-state index in [1.54, 1.807) is 16.8 Å². The van der Waals surface area contributed by atoms with Gasteiger partial charge in [0.2, 0.25) is 0 Å². The SMILES string of the molecule is CCn1c(CC2CCCCC2)nccc1=O. The van der Waals surface area contributed by atoms with Crippen molar-refractivity contribution in [3.63, 3.8) is 0 Å². The van der Waals surface area contributed by atoms with Gasteiger partial charge in [0.05, 0.1) is 0 Å². The third-order valence-corrected chi connectivity index (χ3v) is 3.53. The highest BCUT2D eigenvalue weighted by molar-refractivity contribution is 4.95. The summed E-state index contributed by atoms with van der Waals surface area (Å²) in [5, 5.41) is 0. The normalized spacial score (nSPS) is 17.6. The van der Waals surface area contributed by atoms with Crippen LogP contribution in [0.4, 0.5) is 0 Å². The van der Waals surface area contributed by atoms with Crippen LogP contribution in [0.3, 0.4) is 0 Å². The monoisotopic (exact) mass is 220 g/mol. The zero-order valence-corrected chi connectivity index (χ0v) is 9.98. The number of rotatable bonds is 3. The van der Waals surface area contributed by atoms with E-state index in [0.29, 0.717) is 0 Å². The lowest BCUT2D eigenvalue weighted by Gasteiger charge is -2.22. The molecule has 1 saturated carbocycles. The Labute approximate surface area is 96.5 Å². The first kappa shape index (κ1) is 11.4. The maximum Gasteiger partial charge on any atom is 0.253 e. The topological polar surface area (TPSA) is 34.9 Å². The van der Waals surface area contributed by atoms with Crippen molar-refractivity contribution in [3.8, 4) is 0 Å². The molecule has 3 heteroatoms. The van der Waals surface area contributed by atoms with E-state index in [0.717, 1.165) is 24.7 Å². The Balaban J connectivity index is 2.13. The molecule has 0 aliphatic heterocycles. The van der Waals surface area contributed by atoms with Crippen molar-refractivity contribution in [2.24, 2.45) is 5.92 Å². The number of hydrogen-bond acceptors (Lipinski definition) is 2. The van der Waals surface area contributed by atoms with Crippen LogP contribution < -0.4 is 5.56 Å². The number of nitrogens with zero attached hydrogens (tertiary/aromatic N) is 2. The summed E-state index contributed by atoms with van der Waals surface area (Å²) >= 11 is 0. The molecule has 0 amide bonds. The zero-order valence-electron chi connectivity index (χ0n) is 9.98. The minimum Gasteiger partial charge on any atom is -0.297 e. The van der Waals surface area contributed by atoms with Crippen LogP contribution in [0.2, 0.25) is 0 Å². The summed E-state index contributed by atoms with van der Waals surface area (Å²) in [6.07, 6.45) is 9.28. The Morgan fingerprint density at radius 1 is 1.38 bits per heavy atom. The average molecular weight is 220 g/mol. The van der Waals surface area contributed by atoms with E-state index in [1.807, 2.05) is 6.92 Å². The summed E-state index contributed by atoms with van der Waals surface area (Å²) in [7, 11) is 0. The molecule has 3 nitrogen and oxygen atoms in total. The van der Waals surface area contributed by atoms with E-state index < -0.39 is 0 Å². The summed E-state index contributed by atoms with van der Waals surface area (Å²) in [4.78, 5) is 16.0. The van der Waals surface area contributed by atoms with Crippen LogP contribution in [0.15, 0.2) is 17.1 Å². The first-order valence-corrected chi connectivity index (χ1v) is 6.36. The van der Waals surface area contributed by atoms with Gasteiger partial charge in [-0.15, -0.1) is 0 Å². The molecule has 88 valence electrons. The standard InChI is InChI=1S/C13H20N2O/c1-2-15-12(14-9-8-13(15)16)10-11-6-4-3-5-7-11/h8-9,11H,2-7,10H2,1H3. The van der Waals surface area contributed by atoms with Crippen LogP contribution >= 0.6 is 0 Å². The lowest BCUT2D eigenvalue weighted by Crippen LogP contribution is -2.25. The fraction of sp³-hybridized carbons (Fsp3) is 0.692. The zero-order chi connectivity index (χ0) is 11.4. The first-order valence-electron chi connectivity index (χ1n) is 6.36. The molecule has 1 heterocycles. The molecule has 1 aliphatic carbocycles. The third kappa shape index (κ3) is 2.52. The third-order valence-electron chi connectivity index (χ3n) is 3.53. The van der Waals surface area contributed by atoms with Crippen molar-refractivity contribution >= 4 is 0 Å². The molecular formula is C13H20N2O. The highest BCUT2D eigenvalue weighted by Crippen LogP contribution is 2.25. The second kappa shape index (κ2) is 5.28. The highest BCUT2D eigenvalue weighted by atomic mass is 16.1. The molecule has 2 rings (SSSR count). The lowest BCUT2D eigenvalue weighted by atomic mass is 9.87. The smallest absolute Gasteiger partial charge is 0.253 e. The molecule has 16 heavy (non-hydrogen) atoms. The number of aromatic nitrogens is 2. The Kier molecular flexibility index (Phi) is 3.75. The first-order chi connectivity index (χ1) is 7.81. The Hall–Kier alpha value is -1.12. The molecule has 0 atom stereocenters. The molecule has 0 spiro atoms. The fourth-order valence-electron chi connectivity index (χ4n) is 2.62. The van der Waals surface area contributed by atoms with E-state index in [9.17, 15) is 4.79 Å². The second-order valence-corrected chi connectivity index (χ2v) is 4.65. The van der Waals surface area contributed by atoms with E-state index in [4.69, 9.17) is 0 Å². The van der Waals surface area contributed by atoms with E-state index in [1.165, 1.54) is 32.1 Å². The van der Waals surface area contributed by atoms with Gasteiger partial charge >= 0.3 is 0 Å². The van der Waals surface area contributed by atoms with Gasteiger partial charge < -0.3 is 0 Å². The summed E-state index contributed by atoms with van der Waals surface area (Å²) < 4.78 is 1.80. The van der Waals surface area contributed by atoms with Crippen molar-refractivity contribution in [3.05, 3.63) is 28.4 Å². The van der Waals surface area contributed by atoms with Crippen LogP contribution in [-0.4, -0.2) is 9.55 Å². The van der Waals surface area contributed by atoms with Crippen molar-refractivity contribution in [1.82, 2.24) is 9.55 Å². The van der Waals surface area contributed by atoms with Gasteiger partial charge in [0.15, 0.2) is 0 Å².